The average Bonchev–Trinajstić information content (AvgIpc) is 2.47. The molecule has 2 N–H and O–H groups in total. The highest BCUT2D eigenvalue weighted by molar-refractivity contribution is 6.03. The van der Waals surface area contributed by atoms with E-state index in [1.54, 1.807) is 6.92 Å². The molecule has 0 atom stereocenters. The van der Waals surface area contributed by atoms with E-state index < -0.39 is 17.5 Å². The largest absolute Gasteiger partial charge is 0.370 e. The summed E-state index contributed by atoms with van der Waals surface area (Å²) in [6, 6.07) is 4.42. The fraction of sp³-hybridized carbons (Fsp3) is 0.267. The molecule has 0 spiro atoms. The Kier molecular flexibility index (Phi) is 4.98. The van der Waals surface area contributed by atoms with E-state index in [9.17, 15) is 13.6 Å². The number of nitrogens with zero attached hydrogens (tertiary/aromatic N) is 2. The Hall–Kier alpha value is -2.57. The molecule has 116 valence electrons. The topological polar surface area (TPSA) is 66.9 Å². The second-order valence-electron chi connectivity index (χ2n) is 4.69. The first-order valence-corrected chi connectivity index (χ1v) is 6.85. The van der Waals surface area contributed by atoms with Crippen molar-refractivity contribution in [2.24, 2.45) is 0 Å². The van der Waals surface area contributed by atoms with Crippen LogP contribution < -0.4 is 10.6 Å². The van der Waals surface area contributed by atoms with Gasteiger partial charge in [0.05, 0.1) is 5.69 Å². The number of hydrogen-bond acceptors (Lipinski definition) is 4. The fourth-order valence-electron chi connectivity index (χ4n) is 1.80. The van der Waals surface area contributed by atoms with Crippen molar-refractivity contribution in [2.45, 2.75) is 20.3 Å². The van der Waals surface area contributed by atoms with Gasteiger partial charge in [0, 0.05) is 18.7 Å². The van der Waals surface area contributed by atoms with Crippen LogP contribution in [-0.4, -0.2) is 22.4 Å². The molecule has 1 heterocycles. The molecule has 5 nitrogen and oxygen atoms in total. The van der Waals surface area contributed by atoms with Crippen LogP contribution in [-0.2, 0) is 0 Å². The first-order chi connectivity index (χ1) is 10.5. The third-order valence-electron chi connectivity index (χ3n) is 2.81. The van der Waals surface area contributed by atoms with Gasteiger partial charge in [-0.15, -0.1) is 0 Å². The summed E-state index contributed by atoms with van der Waals surface area (Å²) < 4.78 is 26.4. The second-order valence-corrected chi connectivity index (χ2v) is 4.69. The number of carbonyl (C=O) groups is 1. The highest BCUT2D eigenvalue weighted by atomic mass is 19.1. The summed E-state index contributed by atoms with van der Waals surface area (Å²) in [6.45, 7) is 4.38. The Labute approximate surface area is 126 Å². The van der Waals surface area contributed by atoms with Gasteiger partial charge < -0.3 is 10.6 Å². The quantitative estimate of drug-likeness (QED) is 0.890. The van der Waals surface area contributed by atoms with Crippen LogP contribution in [0, 0.1) is 18.6 Å². The van der Waals surface area contributed by atoms with Gasteiger partial charge in [-0.1, -0.05) is 6.92 Å². The zero-order valence-corrected chi connectivity index (χ0v) is 12.3. The van der Waals surface area contributed by atoms with Crippen molar-refractivity contribution < 1.29 is 13.6 Å². The summed E-state index contributed by atoms with van der Waals surface area (Å²) in [6.07, 6.45) is 0.908. The Morgan fingerprint density at radius 3 is 2.68 bits per heavy atom. The molecule has 2 rings (SSSR count). The third-order valence-corrected chi connectivity index (χ3v) is 2.81. The lowest BCUT2D eigenvalue weighted by Gasteiger charge is -2.09. The summed E-state index contributed by atoms with van der Waals surface area (Å²) in [5.74, 6) is -1.19. The van der Waals surface area contributed by atoms with Crippen molar-refractivity contribution in [2.75, 3.05) is 17.2 Å². The SMILES string of the molecule is CCCNc1cc(C(=O)Nc2ccc(F)cc2F)nc(C)n1. The molecule has 0 fully saturated rings. The minimum absolute atomic E-state index is 0.106. The van der Waals surface area contributed by atoms with Crippen molar-refractivity contribution >= 4 is 17.4 Å². The second kappa shape index (κ2) is 6.93. The Morgan fingerprint density at radius 1 is 1.23 bits per heavy atom. The Morgan fingerprint density at radius 2 is 2.00 bits per heavy atom. The van der Waals surface area contributed by atoms with Crippen LogP contribution in [0.15, 0.2) is 24.3 Å². The van der Waals surface area contributed by atoms with E-state index in [0.717, 1.165) is 18.6 Å². The smallest absolute Gasteiger partial charge is 0.274 e. The van der Waals surface area contributed by atoms with Crippen LogP contribution in [0.25, 0.3) is 0 Å². The minimum Gasteiger partial charge on any atom is -0.370 e. The summed E-state index contributed by atoms with van der Waals surface area (Å²) in [5, 5.41) is 5.42. The van der Waals surface area contributed by atoms with E-state index >= 15 is 0 Å². The van der Waals surface area contributed by atoms with Crippen LogP contribution in [0.4, 0.5) is 20.3 Å². The molecule has 0 aliphatic heterocycles. The zero-order chi connectivity index (χ0) is 16.1. The summed E-state index contributed by atoms with van der Waals surface area (Å²) in [5.41, 5.74) is 0.000519. The van der Waals surface area contributed by atoms with Gasteiger partial charge in [0.1, 0.15) is 29.0 Å². The summed E-state index contributed by atoms with van der Waals surface area (Å²) >= 11 is 0. The summed E-state index contributed by atoms with van der Waals surface area (Å²) in [7, 11) is 0. The minimum atomic E-state index is -0.844. The lowest BCUT2D eigenvalue weighted by molar-refractivity contribution is 0.102. The number of anilines is 2. The summed E-state index contributed by atoms with van der Waals surface area (Å²) in [4.78, 5) is 20.3. The number of rotatable bonds is 5. The zero-order valence-electron chi connectivity index (χ0n) is 12.3. The molecule has 0 unspecified atom stereocenters. The Bertz CT molecular complexity index is 691. The first-order valence-electron chi connectivity index (χ1n) is 6.85. The molecule has 2 aromatic rings. The third kappa shape index (κ3) is 3.97. The number of nitrogens with one attached hydrogen (secondary N) is 2. The lowest BCUT2D eigenvalue weighted by Crippen LogP contribution is -2.16. The van der Waals surface area contributed by atoms with Crippen LogP contribution in [0.2, 0.25) is 0 Å². The standard InChI is InChI=1S/C15H16F2N4O/c1-3-6-18-14-8-13(19-9(2)20-14)15(22)21-12-5-4-10(16)7-11(12)17/h4-5,7-8H,3,6H2,1-2H3,(H,21,22)(H,18,19,20). The highest BCUT2D eigenvalue weighted by Gasteiger charge is 2.13. The molecule has 22 heavy (non-hydrogen) atoms. The molecule has 0 aliphatic rings. The van der Waals surface area contributed by atoms with E-state index in [0.29, 0.717) is 24.3 Å². The van der Waals surface area contributed by atoms with Gasteiger partial charge in [-0.25, -0.2) is 18.7 Å². The van der Waals surface area contributed by atoms with Gasteiger partial charge in [0.25, 0.3) is 5.91 Å². The lowest BCUT2D eigenvalue weighted by atomic mass is 10.2. The number of aromatic nitrogens is 2. The molecule has 7 heteroatoms. The van der Waals surface area contributed by atoms with Crippen LogP contribution in [0.3, 0.4) is 0 Å². The van der Waals surface area contributed by atoms with E-state index in [1.165, 1.54) is 6.07 Å². The van der Waals surface area contributed by atoms with Crippen LogP contribution in [0.5, 0.6) is 0 Å². The highest BCUT2D eigenvalue weighted by Crippen LogP contribution is 2.16. The van der Waals surface area contributed by atoms with Crippen molar-refractivity contribution in [1.29, 1.82) is 0 Å². The van der Waals surface area contributed by atoms with Gasteiger partial charge >= 0.3 is 0 Å². The number of carbonyl (C=O) groups excluding carboxylic acids is 1. The van der Waals surface area contributed by atoms with E-state index in [1.807, 2.05) is 6.92 Å². The maximum atomic E-state index is 13.6. The van der Waals surface area contributed by atoms with Crippen molar-refractivity contribution in [3.63, 3.8) is 0 Å². The van der Waals surface area contributed by atoms with E-state index in [2.05, 4.69) is 20.6 Å². The normalized spacial score (nSPS) is 10.4. The number of aryl methyl sites for hydroxylation is 1. The van der Waals surface area contributed by atoms with Gasteiger partial charge in [-0.2, -0.15) is 0 Å². The van der Waals surface area contributed by atoms with E-state index in [-0.39, 0.29) is 11.4 Å². The van der Waals surface area contributed by atoms with E-state index in [4.69, 9.17) is 0 Å². The van der Waals surface area contributed by atoms with Crippen molar-refractivity contribution in [3.8, 4) is 0 Å². The molecule has 1 aromatic carbocycles. The molecule has 0 saturated heterocycles. The molecule has 0 bridgehead atoms. The van der Waals surface area contributed by atoms with Crippen molar-refractivity contribution in [1.82, 2.24) is 9.97 Å². The molecule has 0 aliphatic carbocycles. The maximum absolute atomic E-state index is 13.6. The number of halogens is 2. The number of amides is 1. The monoisotopic (exact) mass is 306 g/mol. The van der Waals surface area contributed by atoms with Gasteiger partial charge in [0.15, 0.2) is 0 Å². The predicted octanol–water partition coefficient (Wildman–Crippen LogP) is 3.14. The molecule has 0 radical (unpaired) electrons. The Balaban J connectivity index is 2.20. The van der Waals surface area contributed by atoms with Crippen molar-refractivity contribution in [3.05, 3.63) is 47.4 Å². The molecule has 1 amide bonds. The number of benzene rings is 1. The molecule has 0 saturated carbocycles. The predicted molar refractivity (Wildman–Crippen MR) is 79.9 cm³/mol. The molecular weight excluding hydrogens is 290 g/mol. The maximum Gasteiger partial charge on any atom is 0.274 e. The fourth-order valence-corrected chi connectivity index (χ4v) is 1.80. The van der Waals surface area contributed by atoms with Crippen LogP contribution in [0.1, 0.15) is 29.7 Å². The van der Waals surface area contributed by atoms with Crippen LogP contribution >= 0.6 is 0 Å². The number of hydrogen-bond donors (Lipinski definition) is 2. The first kappa shape index (κ1) is 15.8. The van der Waals surface area contributed by atoms with Gasteiger partial charge in [-0.3, -0.25) is 4.79 Å². The molecular formula is C15H16F2N4O. The van der Waals surface area contributed by atoms with Gasteiger partial charge in [0.2, 0.25) is 0 Å². The average molecular weight is 306 g/mol. The molecule has 1 aromatic heterocycles. The van der Waals surface area contributed by atoms with Gasteiger partial charge in [-0.05, 0) is 25.5 Å².